The molecule has 9 nitrogen and oxygen atoms in total. The maximum absolute atomic E-state index is 12.0. The number of nitrogens with two attached hydrogens (primary N) is 1. The average molecular weight is 437 g/mol. The molecule has 1 aromatic rings. The van der Waals surface area contributed by atoms with Crippen molar-refractivity contribution in [3.63, 3.8) is 0 Å². The highest BCUT2D eigenvalue weighted by Crippen LogP contribution is 2.31. The number of hydrogen-bond donors (Lipinski definition) is 2. The molecule has 1 unspecified atom stereocenters. The molecule has 0 amide bonds. The van der Waals surface area contributed by atoms with E-state index in [-0.39, 0.29) is 37.2 Å². The van der Waals surface area contributed by atoms with E-state index < -0.39 is 35.5 Å². The number of carbonyl (C=O) groups excluding carboxylic acids is 3. The van der Waals surface area contributed by atoms with Gasteiger partial charge in [-0.05, 0) is 37.5 Å². The van der Waals surface area contributed by atoms with Crippen LogP contribution in [0, 0.1) is 0 Å². The fourth-order valence-electron chi connectivity index (χ4n) is 3.02. The zero-order valence-electron chi connectivity index (χ0n) is 18.4. The Balaban J connectivity index is 3.18. The van der Waals surface area contributed by atoms with Gasteiger partial charge in [0.2, 0.25) is 0 Å². The molecule has 0 bridgehead atoms. The first-order valence-corrected chi connectivity index (χ1v) is 10.2. The second kappa shape index (κ2) is 12.0. The van der Waals surface area contributed by atoms with E-state index in [0.717, 1.165) is 0 Å². The maximum Gasteiger partial charge on any atom is 0.324 e. The molecular formula is C22H31NO8. The van der Waals surface area contributed by atoms with Gasteiger partial charge in [0.1, 0.15) is 11.6 Å². The van der Waals surface area contributed by atoms with Gasteiger partial charge in [0, 0.05) is 32.6 Å². The predicted molar refractivity (Wildman–Crippen MR) is 112 cm³/mol. The zero-order chi connectivity index (χ0) is 23.6. The number of ether oxygens (including phenoxy) is 3. The number of esters is 3. The van der Waals surface area contributed by atoms with Crippen molar-refractivity contribution in [3.8, 4) is 11.5 Å². The van der Waals surface area contributed by atoms with Crippen LogP contribution in [0.25, 0.3) is 0 Å². The quantitative estimate of drug-likeness (QED) is 0.373. The topological polar surface area (TPSA) is 142 Å². The number of aliphatic carboxylic acids is 1. The molecule has 0 spiro atoms. The lowest BCUT2D eigenvalue weighted by atomic mass is 9.86. The summed E-state index contributed by atoms with van der Waals surface area (Å²) in [5, 5.41) is 9.67. The minimum absolute atomic E-state index is 0.0150. The molecule has 9 heteroatoms. The summed E-state index contributed by atoms with van der Waals surface area (Å²) in [5.74, 6) is -2.71. The van der Waals surface area contributed by atoms with E-state index in [2.05, 4.69) is 0 Å². The van der Waals surface area contributed by atoms with Crippen LogP contribution in [0.1, 0.15) is 65.4 Å². The Kier molecular flexibility index (Phi) is 10.1. The van der Waals surface area contributed by atoms with Gasteiger partial charge in [-0.25, -0.2) is 0 Å². The molecule has 0 aliphatic carbocycles. The summed E-state index contributed by atoms with van der Waals surface area (Å²) < 4.78 is 15.6. The first-order valence-electron chi connectivity index (χ1n) is 10.2. The second-order valence-electron chi connectivity index (χ2n) is 7.49. The minimum atomic E-state index is -1.74. The minimum Gasteiger partial charge on any atom is -0.480 e. The Morgan fingerprint density at radius 3 is 2.06 bits per heavy atom. The largest absolute Gasteiger partial charge is 0.480 e. The van der Waals surface area contributed by atoms with Crippen molar-refractivity contribution >= 4 is 23.9 Å². The number of hydrogen-bond acceptors (Lipinski definition) is 8. The lowest BCUT2D eigenvalue weighted by Gasteiger charge is -2.28. The number of carbonyl (C=O) groups is 4. The third kappa shape index (κ3) is 8.75. The smallest absolute Gasteiger partial charge is 0.324 e. The maximum atomic E-state index is 12.0. The van der Waals surface area contributed by atoms with Crippen LogP contribution in [-0.4, -0.2) is 40.6 Å². The Bertz CT molecular complexity index is 807. The van der Waals surface area contributed by atoms with Crippen LogP contribution in [0.5, 0.6) is 11.5 Å². The normalized spacial score (nSPS) is 13.6. The van der Waals surface area contributed by atoms with E-state index in [9.17, 15) is 24.3 Å². The summed E-state index contributed by atoms with van der Waals surface area (Å²) in [6.07, 6.45) is 0.565. The molecule has 0 radical (unpaired) electrons. The Morgan fingerprint density at radius 1 is 1.03 bits per heavy atom. The molecular weight excluding hydrogens is 406 g/mol. The van der Waals surface area contributed by atoms with E-state index >= 15 is 0 Å². The number of carboxylic acid groups (broad SMARTS) is 1. The third-order valence-corrected chi connectivity index (χ3v) is 4.33. The van der Waals surface area contributed by atoms with Gasteiger partial charge in [-0.1, -0.05) is 19.9 Å². The summed E-state index contributed by atoms with van der Waals surface area (Å²) in [6, 6.07) is 4.42. The predicted octanol–water partition coefficient (Wildman–Crippen LogP) is 2.76. The number of benzene rings is 1. The molecule has 0 saturated heterocycles. The number of carboxylic acids is 1. The van der Waals surface area contributed by atoms with Gasteiger partial charge in [-0.2, -0.15) is 0 Å². The summed E-state index contributed by atoms with van der Waals surface area (Å²) >= 11 is 0. The summed E-state index contributed by atoms with van der Waals surface area (Å²) in [6.45, 7) is 6.43. The van der Waals surface area contributed by atoms with Crippen molar-refractivity contribution in [2.24, 2.45) is 5.73 Å². The molecule has 0 saturated carbocycles. The lowest BCUT2D eigenvalue weighted by molar-refractivity contribution is -0.151. The Morgan fingerprint density at radius 2 is 1.58 bits per heavy atom. The van der Waals surface area contributed by atoms with Crippen molar-refractivity contribution in [1.82, 2.24) is 0 Å². The van der Waals surface area contributed by atoms with Crippen LogP contribution in [0.4, 0.5) is 0 Å². The van der Waals surface area contributed by atoms with Crippen LogP contribution in [-0.2, 0) is 30.3 Å². The summed E-state index contributed by atoms with van der Waals surface area (Å²) in [4.78, 5) is 46.9. The van der Waals surface area contributed by atoms with E-state index in [4.69, 9.17) is 19.9 Å². The molecule has 1 rings (SSSR count). The SMILES string of the molecule is CCCC(=O)Oc1ccc(CC(N)(C[C@H](C)OC(C)=O)C(=O)O)cc1OC(=O)CCC. The highest BCUT2D eigenvalue weighted by atomic mass is 16.6. The first-order chi connectivity index (χ1) is 14.5. The van der Waals surface area contributed by atoms with Crippen molar-refractivity contribution in [1.29, 1.82) is 0 Å². The van der Waals surface area contributed by atoms with E-state index in [1.807, 2.05) is 13.8 Å². The summed E-state index contributed by atoms with van der Waals surface area (Å²) in [5.41, 5.74) is 4.84. The van der Waals surface area contributed by atoms with Gasteiger partial charge >= 0.3 is 23.9 Å². The third-order valence-electron chi connectivity index (χ3n) is 4.33. The molecule has 0 aromatic heterocycles. The average Bonchev–Trinajstić information content (AvgIpc) is 2.63. The standard InChI is InChI=1S/C22H31NO8/c1-5-7-19(25)30-17-10-9-16(11-18(17)31-20(26)8-6-2)13-22(23,21(27)28)12-14(3)29-15(4)24/h9-11,14H,5-8,12-13,23H2,1-4H3,(H,27,28)/t14-,22?/m0/s1. The molecule has 2 atom stereocenters. The molecule has 3 N–H and O–H groups in total. The molecule has 0 fully saturated rings. The molecule has 1 aromatic carbocycles. The summed E-state index contributed by atoms with van der Waals surface area (Å²) in [7, 11) is 0. The van der Waals surface area contributed by atoms with Gasteiger partial charge in [-0.15, -0.1) is 0 Å². The van der Waals surface area contributed by atoms with Crippen molar-refractivity contribution in [2.45, 2.75) is 77.9 Å². The van der Waals surface area contributed by atoms with E-state index in [0.29, 0.717) is 18.4 Å². The molecule has 31 heavy (non-hydrogen) atoms. The zero-order valence-corrected chi connectivity index (χ0v) is 18.4. The molecule has 0 heterocycles. The van der Waals surface area contributed by atoms with Crippen LogP contribution in [0.3, 0.4) is 0 Å². The van der Waals surface area contributed by atoms with Gasteiger partial charge in [0.15, 0.2) is 11.5 Å². The monoisotopic (exact) mass is 437 g/mol. The van der Waals surface area contributed by atoms with Crippen LogP contribution in [0.2, 0.25) is 0 Å². The van der Waals surface area contributed by atoms with Gasteiger partial charge in [-0.3, -0.25) is 19.2 Å². The Labute approximate surface area is 181 Å². The molecule has 172 valence electrons. The Hall–Kier alpha value is -2.94. The lowest BCUT2D eigenvalue weighted by Crippen LogP contribution is -2.52. The van der Waals surface area contributed by atoms with Crippen LogP contribution in [0.15, 0.2) is 18.2 Å². The second-order valence-corrected chi connectivity index (χ2v) is 7.49. The first kappa shape index (κ1) is 26.1. The molecule has 0 aliphatic rings. The highest BCUT2D eigenvalue weighted by Gasteiger charge is 2.37. The van der Waals surface area contributed by atoms with Gasteiger partial charge < -0.3 is 25.1 Å². The van der Waals surface area contributed by atoms with E-state index in [1.54, 1.807) is 13.0 Å². The van der Waals surface area contributed by atoms with Crippen molar-refractivity contribution < 1.29 is 38.5 Å². The van der Waals surface area contributed by atoms with Gasteiger partial charge in [0.05, 0.1) is 0 Å². The van der Waals surface area contributed by atoms with Crippen molar-refractivity contribution in [2.75, 3.05) is 0 Å². The van der Waals surface area contributed by atoms with Gasteiger partial charge in [0.25, 0.3) is 0 Å². The molecule has 0 aliphatic heterocycles. The van der Waals surface area contributed by atoms with E-state index in [1.165, 1.54) is 19.1 Å². The van der Waals surface area contributed by atoms with Crippen molar-refractivity contribution in [3.05, 3.63) is 23.8 Å². The fraction of sp³-hybridized carbons (Fsp3) is 0.545. The highest BCUT2D eigenvalue weighted by molar-refractivity contribution is 5.79. The van der Waals surface area contributed by atoms with Crippen LogP contribution >= 0.6 is 0 Å². The number of rotatable bonds is 12. The fourth-order valence-corrected chi connectivity index (χ4v) is 3.02. The van der Waals surface area contributed by atoms with Crippen LogP contribution < -0.4 is 15.2 Å².